The molecule has 0 amide bonds. The summed E-state index contributed by atoms with van der Waals surface area (Å²) in [7, 11) is 1.37. The molecule has 0 aliphatic heterocycles. The second-order valence-corrected chi connectivity index (χ2v) is 3.85. The number of hydrogen-bond acceptors (Lipinski definition) is 1. The minimum Gasteiger partial charge on any atom is -0.230 e. The van der Waals surface area contributed by atoms with Gasteiger partial charge in [0.2, 0.25) is 0 Å². The highest BCUT2D eigenvalue weighted by atomic mass is 32.5. The van der Waals surface area contributed by atoms with Crippen LogP contribution in [0.2, 0.25) is 0 Å². The summed E-state index contributed by atoms with van der Waals surface area (Å²) in [6.07, 6.45) is 0. The van der Waals surface area contributed by atoms with Crippen molar-refractivity contribution < 1.29 is 8.41 Å². The highest BCUT2D eigenvalue weighted by Gasteiger charge is 1.67. The van der Waals surface area contributed by atoms with Gasteiger partial charge in [0.1, 0.15) is 0 Å². The van der Waals surface area contributed by atoms with E-state index < -0.39 is 6.89 Å². The van der Waals surface area contributed by atoms with Crippen molar-refractivity contribution in [1.29, 1.82) is 0 Å². The first kappa shape index (κ1) is 5.44. The predicted octanol–water partition coefficient (Wildman–Crippen LogP) is -0.239. The largest absolute Gasteiger partial charge is 0.230 e. The molecular formula is H3BFOPS. The van der Waals surface area contributed by atoms with Crippen LogP contribution in [0, 0.1) is 0 Å². The Labute approximate surface area is 34.6 Å². The Morgan fingerprint density at radius 2 is 2.20 bits per heavy atom. The van der Waals surface area contributed by atoms with Gasteiger partial charge in [-0.15, -0.1) is 0 Å². The summed E-state index contributed by atoms with van der Waals surface area (Å²) in [6.45, 7) is -2.01. The maximum atomic E-state index is 11.2. The van der Waals surface area contributed by atoms with E-state index >= 15 is 0 Å². The summed E-state index contributed by atoms with van der Waals surface area (Å²) in [6, 6.07) is 0. The average Bonchev–Trinajstić information content (AvgIpc) is 1.38. The van der Waals surface area contributed by atoms with Crippen LogP contribution in [0.3, 0.4) is 0 Å². The van der Waals surface area contributed by atoms with E-state index in [4.69, 9.17) is 0 Å². The monoisotopic (exact) mass is 112 g/mol. The van der Waals surface area contributed by atoms with Crippen LogP contribution in [0.1, 0.15) is 0 Å². The molecule has 5 heteroatoms. The van der Waals surface area contributed by atoms with Crippen LogP contribution in [0.25, 0.3) is 0 Å². The van der Waals surface area contributed by atoms with Gasteiger partial charge in [-0.2, -0.15) is 0 Å². The maximum absolute atomic E-state index is 11.2. The van der Waals surface area contributed by atoms with Crippen LogP contribution in [0.5, 0.6) is 0 Å². The van der Waals surface area contributed by atoms with Gasteiger partial charge in [-0.05, 0) is 0 Å². The zero-order chi connectivity index (χ0) is 4.28. The third-order valence-corrected chi connectivity index (χ3v) is 1.03. The van der Waals surface area contributed by atoms with E-state index in [-0.39, 0.29) is 10.8 Å². The molecule has 0 aliphatic rings. The molecule has 0 N–H and O–H groups in total. The van der Waals surface area contributed by atoms with Gasteiger partial charge in [-0.3, -0.25) is 0 Å². The SMILES string of the molecule is B[PH](F)=S=O. The Kier molecular flexibility index (Phi) is 2.91. The minimum absolute atomic E-state index is 0.0648. The lowest BCUT2D eigenvalue weighted by Gasteiger charge is -1.59. The summed E-state index contributed by atoms with van der Waals surface area (Å²) < 4.78 is 20.4. The van der Waals surface area contributed by atoms with Gasteiger partial charge < -0.3 is 0 Å². The highest BCUT2D eigenvalue weighted by molar-refractivity contribution is 8.16. The highest BCUT2D eigenvalue weighted by Crippen LogP contribution is 2.11. The number of rotatable bonds is 0. The van der Waals surface area contributed by atoms with Gasteiger partial charge in [0, 0.05) is 0 Å². The number of halogens is 1. The Morgan fingerprint density at radius 1 is 2.00 bits per heavy atom. The first-order chi connectivity index (χ1) is 2.27. The summed E-state index contributed by atoms with van der Waals surface area (Å²) >= 11 is 0. The van der Waals surface area contributed by atoms with Crippen LogP contribution >= 0.6 is 6.89 Å². The lowest BCUT2D eigenvalue weighted by atomic mass is 10.8. The van der Waals surface area contributed by atoms with Gasteiger partial charge in [0.15, 0.2) is 7.57 Å². The molecular weight excluding hydrogens is 109 g/mol. The van der Waals surface area contributed by atoms with Crippen molar-refractivity contribution in [2.24, 2.45) is 0 Å². The van der Waals surface area contributed by atoms with Crippen LogP contribution < -0.4 is 0 Å². The molecule has 0 heterocycles. The van der Waals surface area contributed by atoms with E-state index in [1.54, 1.807) is 0 Å². The zero-order valence-corrected chi connectivity index (χ0v) is 4.51. The van der Waals surface area contributed by atoms with Crippen molar-refractivity contribution in [2.45, 2.75) is 0 Å². The fraction of sp³-hybridized carbons (Fsp3) is 0. The molecule has 0 radical (unpaired) electrons. The van der Waals surface area contributed by atoms with Crippen molar-refractivity contribution in [3.63, 3.8) is 0 Å². The van der Waals surface area contributed by atoms with Crippen molar-refractivity contribution >= 4 is 25.3 Å². The molecule has 5 heavy (non-hydrogen) atoms. The first-order valence-electron chi connectivity index (χ1n) is 1.06. The second kappa shape index (κ2) is 2.67. The van der Waals surface area contributed by atoms with E-state index in [1.165, 1.54) is 7.57 Å². The van der Waals surface area contributed by atoms with E-state index in [1.807, 2.05) is 0 Å². The molecule has 1 unspecified atom stereocenters. The summed E-state index contributed by atoms with van der Waals surface area (Å²) in [5.41, 5.74) is 0. The van der Waals surface area contributed by atoms with E-state index in [0.717, 1.165) is 0 Å². The summed E-state index contributed by atoms with van der Waals surface area (Å²) in [5, 5.41) is 0. The molecule has 0 bridgehead atoms. The van der Waals surface area contributed by atoms with Gasteiger partial charge in [-0.25, -0.2) is 8.41 Å². The molecule has 30 valence electrons. The van der Waals surface area contributed by atoms with E-state index in [0.29, 0.717) is 0 Å². The Balaban J connectivity index is 3.60. The number of hydrogen-bond donors (Lipinski definition) is 0. The van der Waals surface area contributed by atoms with Gasteiger partial charge in [0.05, 0.1) is 17.7 Å². The smallest absolute Gasteiger partial charge is 0.186 e. The minimum atomic E-state index is -2.01. The third kappa shape index (κ3) is 4.44. The molecule has 0 saturated heterocycles. The summed E-state index contributed by atoms with van der Waals surface area (Å²) in [5.74, 6) is 0. The Hall–Kier alpha value is 0.445. The fourth-order valence-electron chi connectivity index (χ4n) is 0. The molecule has 0 aromatic rings. The van der Waals surface area contributed by atoms with Crippen molar-refractivity contribution in [3.05, 3.63) is 0 Å². The molecule has 0 saturated carbocycles. The standard InChI is InChI=1S/BFH3OPS/c1-4(2)5-3/h4H,1H2. The molecule has 0 aliphatic carbocycles. The van der Waals surface area contributed by atoms with Gasteiger partial charge >= 0.3 is 0 Å². The van der Waals surface area contributed by atoms with Gasteiger partial charge in [0.25, 0.3) is 0 Å². The molecule has 1 nitrogen and oxygen atoms in total. The lowest BCUT2D eigenvalue weighted by molar-refractivity contribution is 0.701. The second-order valence-electron chi connectivity index (χ2n) is 0.554. The van der Waals surface area contributed by atoms with Crippen LogP contribution in [-0.4, -0.2) is 11.8 Å². The van der Waals surface area contributed by atoms with Crippen LogP contribution in [0.15, 0.2) is 0 Å². The Bertz CT molecular complexity index is 71.7. The normalized spacial score (nSPS) is 13.8. The quantitative estimate of drug-likeness (QED) is 0.312. The topological polar surface area (TPSA) is 17.1 Å². The van der Waals surface area contributed by atoms with Crippen LogP contribution in [0.4, 0.5) is 4.20 Å². The molecule has 0 aromatic carbocycles. The Morgan fingerprint density at radius 3 is 2.20 bits per heavy atom. The average molecular weight is 112 g/mol. The van der Waals surface area contributed by atoms with E-state index in [2.05, 4.69) is 0 Å². The molecule has 0 spiro atoms. The third-order valence-electron chi connectivity index (χ3n) is 0.115. The van der Waals surface area contributed by atoms with E-state index in [9.17, 15) is 8.41 Å². The molecule has 0 fully saturated rings. The van der Waals surface area contributed by atoms with Crippen molar-refractivity contribution in [3.8, 4) is 0 Å². The maximum Gasteiger partial charge on any atom is 0.186 e. The zero-order valence-electron chi connectivity index (χ0n) is 2.69. The lowest BCUT2D eigenvalue weighted by Crippen LogP contribution is -1.34. The predicted molar refractivity (Wildman–Crippen MR) is 26.1 cm³/mol. The first-order valence-corrected chi connectivity index (χ1v) is 4.40. The van der Waals surface area contributed by atoms with Gasteiger partial charge in [-0.1, -0.05) is 0 Å². The summed E-state index contributed by atoms with van der Waals surface area (Å²) in [4.78, 5) is 0. The van der Waals surface area contributed by atoms with Crippen molar-refractivity contribution in [2.75, 3.05) is 0 Å². The molecule has 0 rings (SSSR count). The van der Waals surface area contributed by atoms with Crippen LogP contribution in [-0.2, 0) is 10.8 Å². The molecule has 1 atom stereocenters. The molecule has 0 aromatic heterocycles. The fourth-order valence-corrected chi connectivity index (χ4v) is 0. The van der Waals surface area contributed by atoms with Crippen molar-refractivity contribution in [1.82, 2.24) is 0 Å².